The fraction of sp³-hybridized carbons (Fsp3) is 0.130. The van der Waals surface area contributed by atoms with Crippen molar-refractivity contribution in [2.24, 2.45) is 0 Å². The van der Waals surface area contributed by atoms with E-state index in [1.54, 1.807) is 18.3 Å². The summed E-state index contributed by atoms with van der Waals surface area (Å²) in [5.41, 5.74) is 10.5. The van der Waals surface area contributed by atoms with Crippen molar-refractivity contribution < 1.29 is 30.3 Å². The Balaban J connectivity index is 0.000000187. The second-order valence-electron chi connectivity index (χ2n) is 13.9. The van der Waals surface area contributed by atoms with Gasteiger partial charge in [-0.1, -0.05) is 49.1 Å². The van der Waals surface area contributed by atoms with Crippen molar-refractivity contribution in [1.29, 1.82) is 0 Å². The number of rotatable bonds is 6. The molecule has 1 radical (unpaired) electrons. The van der Waals surface area contributed by atoms with Gasteiger partial charge in [0.2, 0.25) is 0 Å². The molecule has 0 saturated heterocycles. The first-order chi connectivity index (χ1) is 24.9. The van der Waals surface area contributed by atoms with Crippen molar-refractivity contribution in [1.82, 2.24) is 9.97 Å². The molecule has 3 nitrogen and oxygen atoms in total. The zero-order chi connectivity index (χ0) is 36.5. The molecule has 0 aliphatic heterocycles. The average Bonchev–Trinajstić information content (AvgIpc) is 3.52. The molecule has 0 unspecified atom stereocenters. The van der Waals surface area contributed by atoms with E-state index >= 15 is 0 Å². The van der Waals surface area contributed by atoms with E-state index in [4.69, 9.17) is 5.79 Å². The summed E-state index contributed by atoms with van der Waals surface area (Å²) in [5, 5.41) is 1.96. The van der Waals surface area contributed by atoms with Crippen LogP contribution in [0.2, 0.25) is 17.3 Å². The number of hydrogen-bond acceptors (Lipinski definition) is 3. The standard InChI is InChI=1S/C26H19FNO.C20H20GeN.Ir/c1-16(2)18-11-12-28-24(15-18)20-6-10-26-23(14-20)22-13-19(5-9-25(22)29-26)17-3-7-21(27)8-4-17;1-21(2,3)19-12-13-20(22-15-19)18-11-7-10-17(14-18)16-8-5-4-6-9-16;/h3-5,7-16H,1-2H3;4-10,12-15H,1-3H3;/q2*-1;/i16D;;. The zero-order valence-corrected chi connectivity index (χ0v) is 34.3. The molecule has 6 heteroatoms. The molecule has 0 fully saturated rings. The van der Waals surface area contributed by atoms with Gasteiger partial charge in [0.15, 0.2) is 0 Å². The van der Waals surface area contributed by atoms with Gasteiger partial charge in [-0.3, -0.25) is 0 Å². The Morgan fingerprint density at radius 2 is 1.37 bits per heavy atom. The van der Waals surface area contributed by atoms with Crippen LogP contribution in [0, 0.1) is 17.9 Å². The number of furan rings is 1. The Labute approximate surface area is 323 Å². The maximum atomic E-state index is 13.3. The van der Waals surface area contributed by atoms with Gasteiger partial charge in [-0.15, -0.1) is 23.8 Å². The minimum absolute atomic E-state index is 0. The molecule has 0 saturated carbocycles. The van der Waals surface area contributed by atoms with E-state index in [9.17, 15) is 4.39 Å². The summed E-state index contributed by atoms with van der Waals surface area (Å²) in [5.74, 6) is 6.21. The number of benzene rings is 5. The van der Waals surface area contributed by atoms with E-state index in [1.807, 2.05) is 62.4 Å². The summed E-state index contributed by atoms with van der Waals surface area (Å²) in [4.78, 5) is 9.15. The van der Waals surface area contributed by atoms with Crippen LogP contribution in [0.4, 0.5) is 4.39 Å². The van der Waals surface area contributed by atoms with Crippen molar-refractivity contribution >= 4 is 39.6 Å². The van der Waals surface area contributed by atoms with Gasteiger partial charge in [-0.25, -0.2) is 4.39 Å². The van der Waals surface area contributed by atoms with Crippen LogP contribution in [-0.4, -0.2) is 23.2 Å². The maximum Gasteiger partial charge on any atom is 0 e. The van der Waals surface area contributed by atoms with E-state index in [2.05, 4.69) is 100 Å². The van der Waals surface area contributed by atoms with Crippen LogP contribution < -0.4 is 4.40 Å². The number of fused-ring (bicyclic) bond motifs is 3. The predicted molar refractivity (Wildman–Crippen MR) is 212 cm³/mol. The van der Waals surface area contributed by atoms with Crippen LogP contribution in [0.25, 0.3) is 66.7 Å². The van der Waals surface area contributed by atoms with Gasteiger partial charge >= 0.3 is 135 Å². The van der Waals surface area contributed by atoms with Crippen LogP contribution in [0.3, 0.4) is 0 Å². The molecule has 0 aliphatic carbocycles. The number of halogens is 1. The third-order valence-corrected chi connectivity index (χ3v) is 13.3. The Bertz CT molecular complexity index is 2490. The monoisotopic (exact) mass is 922 g/mol. The van der Waals surface area contributed by atoms with Crippen LogP contribution in [0.5, 0.6) is 0 Å². The molecule has 261 valence electrons. The molecule has 5 aromatic carbocycles. The number of nitrogens with zero attached hydrogens (tertiary/aromatic N) is 2. The van der Waals surface area contributed by atoms with Gasteiger partial charge in [-0.2, -0.15) is 0 Å². The van der Waals surface area contributed by atoms with E-state index < -0.39 is 19.2 Å². The van der Waals surface area contributed by atoms with Crippen molar-refractivity contribution in [2.75, 3.05) is 0 Å². The molecule has 0 bridgehead atoms. The number of aromatic nitrogens is 2. The van der Waals surface area contributed by atoms with E-state index in [0.717, 1.165) is 61.1 Å². The van der Waals surface area contributed by atoms with Crippen LogP contribution in [0.15, 0.2) is 144 Å². The minimum Gasteiger partial charge on any atom is 0 e. The molecule has 52 heavy (non-hydrogen) atoms. The predicted octanol–water partition coefficient (Wildman–Crippen LogP) is 12.1. The summed E-state index contributed by atoms with van der Waals surface area (Å²) in [6.07, 6.45) is 3.79. The number of hydrogen-bond donors (Lipinski definition) is 0. The van der Waals surface area contributed by atoms with E-state index in [-0.39, 0.29) is 25.9 Å². The Morgan fingerprint density at radius 1 is 0.673 bits per heavy atom. The van der Waals surface area contributed by atoms with Crippen LogP contribution in [-0.2, 0) is 20.1 Å². The normalized spacial score (nSPS) is 11.8. The van der Waals surface area contributed by atoms with Crippen molar-refractivity contribution in [3.05, 3.63) is 163 Å². The third-order valence-electron chi connectivity index (χ3n) is 9.01. The SMILES string of the molecule is [2H]C(C)(C)c1ccnc(-c2[c-]cc3oc4ccc(-c5ccc(F)cc5)cc4c3c2)c1.[CH3][Ge]([CH3])([CH3])[c]1ccc(-c2[c-]ccc(-c3ccccc3)c2)nc1.[Ir]. The molecular formula is C46H39FGeIrN2O-2. The summed E-state index contributed by atoms with van der Waals surface area (Å²) in [6.45, 7) is 3.72. The quantitative estimate of drug-likeness (QED) is 0.123. The van der Waals surface area contributed by atoms with Gasteiger partial charge in [0, 0.05) is 33.1 Å². The summed E-state index contributed by atoms with van der Waals surface area (Å²) in [6, 6.07) is 47.7. The first-order valence-corrected chi connectivity index (χ1v) is 24.4. The molecule has 8 aromatic rings. The van der Waals surface area contributed by atoms with E-state index in [1.165, 1.54) is 27.7 Å². The van der Waals surface area contributed by atoms with Crippen LogP contribution in [0.1, 0.15) is 26.7 Å². The maximum absolute atomic E-state index is 13.3. The Morgan fingerprint density at radius 3 is 2.08 bits per heavy atom. The summed E-state index contributed by atoms with van der Waals surface area (Å²) in [7, 11) is 0. The first-order valence-electron chi connectivity index (χ1n) is 17.6. The molecule has 0 spiro atoms. The van der Waals surface area contributed by atoms with Crippen molar-refractivity contribution in [2.45, 2.75) is 37.0 Å². The van der Waals surface area contributed by atoms with Gasteiger partial charge in [0.1, 0.15) is 11.4 Å². The van der Waals surface area contributed by atoms with Crippen molar-refractivity contribution in [3.63, 3.8) is 0 Å². The largest absolute Gasteiger partial charge is 0 e. The van der Waals surface area contributed by atoms with Gasteiger partial charge in [-0.05, 0) is 53.0 Å². The fourth-order valence-corrected chi connectivity index (χ4v) is 8.17. The van der Waals surface area contributed by atoms with Gasteiger partial charge in [0.25, 0.3) is 0 Å². The van der Waals surface area contributed by atoms with Crippen LogP contribution >= 0.6 is 0 Å². The summed E-state index contributed by atoms with van der Waals surface area (Å²) >= 11 is -1.79. The smallest absolute Gasteiger partial charge is 0 e. The molecule has 3 heterocycles. The van der Waals surface area contributed by atoms with Gasteiger partial charge < -0.3 is 9.40 Å². The second-order valence-corrected chi connectivity index (χ2v) is 24.6. The third kappa shape index (κ3) is 8.34. The molecule has 0 aliphatic rings. The van der Waals surface area contributed by atoms with Gasteiger partial charge in [0.05, 0.1) is 5.58 Å². The second kappa shape index (κ2) is 15.9. The summed E-state index contributed by atoms with van der Waals surface area (Å²) < 4.78 is 29.0. The molecule has 8 rings (SSSR count). The molecule has 3 aromatic heterocycles. The molecule has 0 atom stereocenters. The first kappa shape index (κ1) is 35.7. The molecule has 0 amide bonds. The average molecular weight is 921 g/mol. The minimum atomic E-state index is -1.79. The van der Waals surface area contributed by atoms with Crippen molar-refractivity contribution in [3.8, 4) is 44.8 Å². The Hall–Kier alpha value is -4.68. The zero-order valence-electron chi connectivity index (χ0n) is 30.8. The molecular weight excluding hydrogens is 880 g/mol. The number of pyridine rings is 2. The Kier molecular flexibility index (Phi) is 10.9. The fourth-order valence-electron chi connectivity index (χ4n) is 6.00. The van der Waals surface area contributed by atoms with E-state index in [0.29, 0.717) is 0 Å². The molecule has 0 N–H and O–H groups in total. The topological polar surface area (TPSA) is 38.9 Å².